The van der Waals surface area contributed by atoms with Gasteiger partial charge in [0, 0.05) is 68.5 Å². The van der Waals surface area contributed by atoms with Gasteiger partial charge in [0.05, 0.1) is 0 Å². The first-order valence-corrected chi connectivity index (χ1v) is 10.3. The number of amides is 2. The molecule has 2 atom stereocenters. The van der Waals surface area contributed by atoms with Crippen LogP contribution in [0.25, 0.3) is 0 Å². The van der Waals surface area contributed by atoms with Gasteiger partial charge in [-0.3, -0.25) is 19.5 Å². The smallest absolute Gasteiger partial charge is 0.223 e. The number of anilines is 1. The summed E-state index contributed by atoms with van der Waals surface area (Å²) in [6, 6.07) is 4.47. The Kier molecular flexibility index (Phi) is 6.41. The molecule has 1 aliphatic rings. The van der Waals surface area contributed by atoms with Gasteiger partial charge in [0.1, 0.15) is 0 Å². The fourth-order valence-corrected chi connectivity index (χ4v) is 4.44. The molecule has 2 aromatic heterocycles. The molecule has 2 aromatic rings. The molecule has 1 fully saturated rings. The number of piperazine rings is 1. The molecule has 0 bridgehead atoms. The quantitative estimate of drug-likeness (QED) is 0.833. The Morgan fingerprint density at radius 2 is 2.00 bits per heavy atom. The largest absolute Gasteiger partial charge is 0.337 e. The number of rotatable bonds is 5. The van der Waals surface area contributed by atoms with E-state index >= 15 is 0 Å². The minimum Gasteiger partial charge on any atom is -0.337 e. The summed E-state index contributed by atoms with van der Waals surface area (Å²) in [7, 11) is 0. The molecule has 1 N–H and O–H groups in total. The second-order valence-corrected chi connectivity index (χ2v) is 8.54. The second kappa shape index (κ2) is 8.79. The molecular weight excluding hydrogens is 374 g/mol. The van der Waals surface area contributed by atoms with E-state index in [9.17, 15) is 9.59 Å². The summed E-state index contributed by atoms with van der Waals surface area (Å²) in [5.74, 6) is -0.00147. The third kappa shape index (κ3) is 5.14. The molecule has 0 aromatic carbocycles. The average molecular weight is 402 g/mol. The van der Waals surface area contributed by atoms with Gasteiger partial charge >= 0.3 is 0 Å². The maximum absolute atomic E-state index is 12.2. The van der Waals surface area contributed by atoms with Gasteiger partial charge in [-0.25, -0.2) is 4.98 Å². The molecule has 28 heavy (non-hydrogen) atoms. The minimum absolute atomic E-state index is 0.112. The summed E-state index contributed by atoms with van der Waals surface area (Å²) in [6.07, 6.45) is 4.51. The summed E-state index contributed by atoms with van der Waals surface area (Å²) in [5, 5.41) is 3.36. The summed E-state index contributed by atoms with van der Waals surface area (Å²) in [4.78, 5) is 37.5. The highest BCUT2D eigenvalue weighted by Crippen LogP contribution is 2.25. The van der Waals surface area contributed by atoms with Crippen molar-refractivity contribution in [3.63, 3.8) is 0 Å². The average Bonchev–Trinajstić information content (AvgIpc) is 3.05. The van der Waals surface area contributed by atoms with Gasteiger partial charge in [-0.15, -0.1) is 11.3 Å². The number of nitrogens with one attached hydrogen (secondary N) is 1. The Morgan fingerprint density at radius 3 is 2.64 bits per heavy atom. The molecule has 0 spiro atoms. The highest BCUT2D eigenvalue weighted by atomic mass is 32.1. The van der Waals surface area contributed by atoms with Gasteiger partial charge < -0.3 is 10.2 Å². The van der Waals surface area contributed by atoms with Gasteiger partial charge in [-0.2, -0.15) is 0 Å². The van der Waals surface area contributed by atoms with Crippen molar-refractivity contribution in [3.8, 4) is 0 Å². The maximum Gasteiger partial charge on any atom is 0.223 e. The zero-order chi connectivity index (χ0) is 20.3. The molecule has 2 amide bonds. The SMILES string of the molecule is CC(=O)Nc1ncc(CN2CC(Cc3ccc(C)nc3)N(C(C)=O)C[C@@H]2C)s1. The van der Waals surface area contributed by atoms with Crippen LogP contribution in [0, 0.1) is 6.92 Å². The van der Waals surface area contributed by atoms with Gasteiger partial charge in [-0.1, -0.05) is 6.07 Å². The fraction of sp³-hybridized carbons (Fsp3) is 0.500. The normalized spacial score (nSPS) is 20.2. The van der Waals surface area contributed by atoms with Gasteiger partial charge in [0.2, 0.25) is 11.8 Å². The Morgan fingerprint density at radius 1 is 1.21 bits per heavy atom. The number of aromatic nitrogens is 2. The van der Waals surface area contributed by atoms with Gasteiger partial charge in [0.25, 0.3) is 0 Å². The third-order valence-electron chi connectivity index (χ3n) is 5.01. The summed E-state index contributed by atoms with van der Waals surface area (Å²) in [6.45, 7) is 9.50. The highest BCUT2D eigenvalue weighted by molar-refractivity contribution is 7.15. The maximum atomic E-state index is 12.2. The molecule has 0 saturated carbocycles. The van der Waals surface area contributed by atoms with E-state index in [1.54, 1.807) is 6.92 Å². The number of aryl methyl sites for hydroxylation is 1. The van der Waals surface area contributed by atoms with Crippen molar-refractivity contribution >= 4 is 28.3 Å². The zero-order valence-electron chi connectivity index (χ0n) is 16.8. The predicted molar refractivity (Wildman–Crippen MR) is 110 cm³/mol. The summed E-state index contributed by atoms with van der Waals surface area (Å²) in [5.41, 5.74) is 2.13. The van der Waals surface area contributed by atoms with E-state index in [4.69, 9.17) is 0 Å². The number of carbonyl (C=O) groups excluding carboxylic acids is 2. The molecule has 8 heteroatoms. The highest BCUT2D eigenvalue weighted by Gasteiger charge is 2.33. The van der Waals surface area contributed by atoms with E-state index in [1.165, 1.54) is 18.3 Å². The summed E-state index contributed by atoms with van der Waals surface area (Å²) >= 11 is 1.50. The van der Waals surface area contributed by atoms with Crippen LogP contribution in [0.1, 0.15) is 36.9 Å². The number of thiazole rings is 1. The molecule has 1 saturated heterocycles. The zero-order valence-corrected chi connectivity index (χ0v) is 17.6. The van der Waals surface area contributed by atoms with Gasteiger partial charge in [0.15, 0.2) is 5.13 Å². The fourth-order valence-electron chi connectivity index (χ4n) is 3.56. The van der Waals surface area contributed by atoms with E-state index in [-0.39, 0.29) is 23.9 Å². The lowest BCUT2D eigenvalue weighted by molar-refractivity contribution is -0.135. The first-order chi connectivity index (χ1) is 13.3. The Bertz CT molecular complexity index is 835. The summed E-state index contributed by atoms with van der Waals surface area (Å²) < 4.78 is 0. The monoisotopic (exact) mass is 401 g/mol. The van der Waals surface area contributed by atoms with E-state index in [0.717, 1.165) is 35.6 Å². The Labute approximate surface area is 169 Å². The van der Waals surface area contributed by atoms with Crippen LogP contribution in [0.3, 0.4) is 0 Å². The van der Waals surface area contributed by atoms with E-state index in [0.29, 0.717) is 11.7 Å². The first-order valence-electron chi connectivity index (χ1n) is 9.47. The molecule has 0 radical (unpaired) electrons. The van der Waals surface area contributed by atoms with E-state index in [1.807, 2.05) is 30.3 Å². The topological polar surface area (TPSA) is 78.4 Å². The van der Waals surface area contributed by atoms with E-state index in [2.05, 4.69) is 33.2 Å². The Balaban J connectivity index is 1.71. The van der Waals surface area contributed by atoms with Crippen molar-refractivity contribution in [2.45, 2.75) is 52.7 Å². The minimum atomic E-state index is -0.115. The van der Waals surface area contributed by atoms with Crippen LogP contribution in [0.5, 0.6) is 0 Å². The lowest BCUT2D eigenvalue weighted by atomic mass is 10.0. The number of hydrogen-bond donors (Lipinski definition) is 1. The van der Waals surface area contributed by atoms with Crippen molar-refractivity contribution in [2.75, 3.05) is 18.4 Å². The van der Waals surface area contributed by atoms with Crippen molar-refractivity contribution < 1.29 is 9.59 Å². The molecule has 7 nitrogen and oxygen atoms in total. The molecule has 3 heterocycles. The number of hydrogen-bond acceptors (Lipinski definition) is 6. The predicted octanol–water partition coefficient (Wildman–Crippen LogP) is 2.47. The van der Waals surface area contributed by atoms with Crippen molar-refractivity contribution in [1.29, 1.82) is 0 Å². The lowest BCUT2D eigenvalue weighted by Gasteiger charge is -2.45. The van der Waals surface area contributed by atoms with Crippen LogP contribution in [-0.4, -0.2) is 56.8 Å². The van der Waals surface area contributed by atoms with Crippen molar-refractivity contribution in [3.05, 3.63) is 40.7 Å². The van der Waals surface area contributed by atoms with Crippen molar-refractivity contribution in [2.24, 2.45) is 0 Å². The second-order valence-electron chi connectivity index (χ2n) is 7.43. The molecule has 1 unspecified atom stereocenters. The van der Waals surface area contributed by atoms with Crippen LogP contribution in [0.15, 0.2) is 24.5 Å². The van der Waals surface area contributed by atoms with Crippen LogP contribution < -0.4 is 5.32 Å². The molecule has 1 aliphatic heterocycles. The lowest BCUT2D eigenvalue weighted by Crippen LogP contribution is -2.58. The van der Waals surface area contributed by atoms with Gasteiger partial charge in [-0.05, 0) is 31.9 Å². The molecule has 0 aliphatic carbocycles. The number of carbonyl (C=O) groups is 2. The number of nitrogens with zero attached hydrogens (tertiary/aromatic N) is 4. The first kappa shape index (κ1) is 20.4. The third-order valence-corrected chi connectivity index (χ3v) is 5.91. The standard InChI is InChI=1S/C20H27N5O2S/c1-13-5-6-17(8-21-13)7-18-11-24(14(2)10-25(18)16(4)27)12-19-9-22-20(28-19)23-15(3)26/h5-6,8-9,14,18H,7,10-12H2,1-4H3,(H,22,23,26)/t14-,18?/m0/s1. The number of pyridine rings is 1. The van der Waals surface area contributed by atoms with Crippen LogP contribution in [-0.2, 0) is 22.6 Å². The van der Waals surface area contributed by atoms with Crippen LogP contribution in [0.4, 0.5) is 5.13 Å². The molecule has 150 valence electrons. The molecule has 3 rings (SSSR count). The Hall–Kier alpha value is -2.32. The van der Waals surface area contributed by atoms with E-state index < -0.39 is 0 Å². The van der Waals surface area contributed by atoms with Crippen molar-refractivity contribution in [1.82, 2.24) is 19.8 Å². The molecular formula is C20H27N5O2S. The van der Waals surface area contributed by atoms with Crippen LogP contribution >= 0.6 is 11.3 Å². The van der Waals surface area contributed by atoms with Crippen LogP contribution in [0.2, 0.25) is 0 Å².